The lowest BCUT2D eigenvalue weighted by Crippen LogP contribution is -2.46. The minimum atomic E-state index is 0.0219. The molecular weight excluding hydrogens is 330 g/mol. The Morgan fingerprint density at radius 1 is 1.33 bits per heavy atom. The zero-order chi connectivity index (χ0) is 14.8. The van der Waals surface area contributed by atoms with Gasteiger partial charge in [0.2, 0.25) is 0 Å². The van der Waals surface area contributed by atoms with E-state index >= 15 is 0 Å². The third kappa shape index (κ3) is 3.51. The van der Waals surface area contributed by atoms with Gasteiger partial charge in [0.05, 0.1) is 0 Å². The largest absolute Gasteiger partial charge is 0.346 e. The quantitative estimate of drug-likeness (QED) is 0.853. The zero-order valence-corrected chi connectivity index (χ0v) is 13.9. The zero-order valence-electron chi connectivity index (χ0n) is 12.4. The van der Waals surface area contributed by atoms with Crippen molar-refractivity contribution in [2.24, 2.45) is 11.7 Å². The number of carbonyl (C=O) groups is 1. The summed E-state index contributed by atoms with van der Waals surface area (Å²) in [6, 6.07) is 2.53. The predicted octanol–water partition coefficient (Wildman–Crippen LogP) is 3.22. The molecule has 3 N–H and O–H groups in total. The molecule has 0 aliphatic heterocycles. The fraction of sp³-hybridized carbons (Fsp3) is 0.688. The van der Waals surface area contributed by atoms with Crippen molar-refractivity contribution in [1.82, 2.24) is 9.88 Å². The fourth-order valence-electron chi connectivity index (χ4n) is 3.43. The molecule has 2 aliphatic rings. The number of nitrogens with one attached hydrogen (secondary N) is 1. The van der Waals surface area contributed by atoms with Gasteiger partial charge in [-0.05, 0) is 53.6 Å². The summed E-state index contributed by atoms with van der Waals surface area (Å²) in [6.07, 6.45) is 10.6. The summed E-state index contributed by atoms with van der Waals surface area (Å²) in [6.45, 7) is 0.529. The van der Waals surface area contributed by atoms with E-state index in [1.165, 1.54) is 44.9 Å². The van der Waals surface area contributed by atoms with E-state index in [1.807, 2.05) is 12.3 Å². The van der Waals surface area contributed by atoms with E-state index in [0.717, 1.165) is 10.2 Å². The maximum atomic E-state index is 12.6. The van der Waals surface area contributed by atoms with Gasteiger partial charge in [-0.1, -0.05) is 19.3 Å². The summed E-state index contributed by atoms with van der Waals surface area (Å²) in [5.41, 5.74) is 6.68. The van der Waals surface area contributed by atoms with Gasteiger partial charge < -0.3 is 15.6 Å². The van der Waals surface area contributed by atoms with Gasteiger partial charge in [-0.2, -0.15) is 0 Å². The Bertz CT molecular complexity index is 504. The first kappa shape index (κ1) is 15.1. The van der Waals surface area contributed by atoms with Crippen LogP contribution in [0.25, 0.3) is 0 Å². The van der Waals surface area contributed by atoms with E-state index in [1.54, 1.807) is 0 Å². The van der Waals surface area contributed by atoms with E-state index < -0.39 is 0 Å². The van der Waals surface area contributed by atoms with Crippen molar-refractivity contribution in [2.75, 3.05) is 6.54 Å². The first-order valence-electron chi connectivity index (χ1n) is 8.07. The average molecular weight is 354 g/mol. The van der Waals surface area contributed by atoms with Crippen LogP contribution in [0.4, 0.5) is 0 Å². The second-order valence-electron chi connectivity index (χ2n) is 6.40. The molecule has 0 aromatic carbocycles. The van der Waals surface area contributed by atoms with Crippen LogP contribution in [0.5, 0.6) is 0 Å². The van der Waals surface area contributed by atoms with E-state index in [2.05, 4.69) is 25.8 Å². The Labute approximate surface area is 134 Å². The SMILES string of the molecule is NCC(NC(=O)c1cc(Br)cn1C1CC1)C1CCCCC1. The molecule has 116 valence electrons. The molecule has 21 heavy (non-hydrogen) atoms. The molecule has 0 radical (unpaired) electrons. The van der Waals surface area contributed by atoms with Gasteiger partial charge in [-0.3, -0.25) is 4.79 Å². The van der Waals surface area contributed by atoms with Crippen LogP contribution in [-0.4, -0.2) is 23.1 Å². The third-order valence-electron chi connectivity index (χ3n) is 4.78. The predicted molar refractivity (Wildman–Crippen MR) is 87.3 cm³/mol. The van der Waals surface area contributed by atoms with Crippen molar-refractivity contribution in [3.63, 3.8) is 0 Å². The number of hydrogen-bond acceptors (Lipinski definition) is 2. The van der Waals surface area contributed by atoms with Crippen molar-refractivity contribution >= 4 is 21.8 Å². The Hall–Kier alpha value is -0.810. The van der Waals surface area contributed by atoms with E-state index in [9.17, 15) is 4.79 Å². The lowest BCUT2D eigenvalue weighted by molar-refractivity contribution is 0.0906. The van der Waals surface area contributed by atoms with E-state index in [0.29, 0.717) is 18.5 Å². The Morgan fingerprint density at radius 2 is 2.05 bits per heavy atom. The van der Waals surface area contributed by atoms with E-state index in [4.69, 9.17) is 5.73 Å². The van der Waals surface area contributed by atoms with Gasteiger partial charge in [-0.25, -0.2) is 0 Å². The second kappa shape index (κ2) is 6.53. The number of rotatable bonds is 5. The summed E-state index contributed by atoms with van der Waals surface area (Å²) in [5, 5.41) is 3.18. The maximum Gasteiger partial charge on any atom is 0.268 e. The molecule has 2 saturated carbocycles. The lowest BCUT2D eigenvalue weighted by atomic mass is 9.84. The molecular formula is C16H24BrN3O. The molecule has 0 saturated heterocycles. The van der Waals surface area contributed by atoms with Crippen LogP contribution >= 0.6 is 15.9 Å². The summed E-state index contributed by atoms with van der Waals surface area (Å²) < 4.78 is 3.08. The Kier molecular flexibility index (Phi) is 4.69. The number of amides is 1. The van der Waals surface area contributed by atoms with Crippen molar-refractivity contribution < 1.29 is 4.79 Å². The van der Waals surface area contributed by atoms with Crippen molar-refractivity contribution in [2.45, 2.75) is 57.0 Å². The van der Waals surface area contributed by atoms with Crippen molar-refractivity contribution in [3.05, 3.63) is 22.4 Å². The molecule has 0 spiro atoms. The topological polar surface area (TPSA) is 60.0 Å². The maximum absolute atomic E-state index is 12.6. The standard InChI is InChI=1S/C16H24BrN3O/c17-12-8-15(20(10-12)13-6-7-13)16(21)19-14(9-18)11-4-2-1-3-5-11/h8,10-11,13-14H,1-7,9,18H2,(H,19,21). The van der Waals surface area contributed by atoms with Gasteiger partial charge >= 0.3 is 0 Å². The molecule has 1 atom stereocenters. The monoisotopic (exact) mass is 353 g/mol. The van der Waals surface area contributed by atoms with Gasteiger partial charge in [-0.15, -0.1) is 0 Å². The number of nitrogens with two attached hydrogens (primary N) is 1. The molecule has 4 nitrogen and oxygen atoms in total. The summed E-state index contributed by atoms with van der Waals surface area (Å²) >= 11 is 3.48. The van der Waals surface area contributed by atoms with Crippen LogP contribution in [0.2, 0.25) is 0 Å². The van der Waals surface area contributed by atoms with Crippen LogP contribution < -0.4 is 11.1 Å². The average Bonchev–Trinajstić information content (AvgIpc) is 3.28. The van der Waals surface area contributed by atoms with Crippen molar-refractivity contribution in [1.29, 1.82) is 0 Å². The van der Waals surface area contributed by atoms with E-state index in [-0.39, 0.29) is 11.9 Å². The highest BCUT2D eigenvalue weighted by Gasteiger charge is 2.30. The molecule has 0 bridgehead atoms. The smallest absolute Gasteiger partial charge is 0.268 e. The number of hydrogen-bond donors (Lipinski definition) is 2. The normalized spacial score (nSPS) is 21.2. The molecule has 1 heterocycles. The Balaban J connectivity index is 1.69. The van der Waals surface area contributed by atoms with Gasteiger partial charge in [0.1, 0.15) is 5.69 Å². The van der Waals surface area contributed by atoms with Crippen LogP contribution in [0.15, 0.2) is 16.7 Å². The molecule has 1 aromatic heterocycles. The molecule has 1 amide bonds. The molecule has 5 heteroatoms. The molecule has 1 aromatic rings. The summed E-state index contributed by atoms with van der Waals surface area (Å²) in [5.74, 6) is 0.564. The third-order valence-corrected chi connectivity index (χ3v) is 5.21. The lowest BCUT2D eigenvalue weighted by Gasteiger charge is -2.30. The highest BCUT2D eigenvalue weighted by Crippen LogP contribution is 2.37. The minimum Gasteiger partial charge on any atom is -0.346 e. The minimum absolute atomic E-state index is 0.0219. The molecule has 3 rings (SSSR count). The van der Waals surface area contributed by atoms with Crippen LogP contribution in [0, 0.1) is 5.92 Å². The first-order chi connectivity index (χ1) is 10.2. The summed E-state index contributed by atoms with van der Waals surface area (Å²) in [4.78, 5) is 12.6. The highest BCUT2D eigenvalue weighted by atomic mass is 79.9. The number of halogens is 1. The van der Waals surface area contributed by atoms with Crippen LogP contribution in [-0.2, 0) is 0 Å². The van der Waals surface area contributed by atoms with Gasteiger partial charge in [0, 0.05) is 29.3 Å². The van der Waals surface area contributed by atoms with Crippen LogP contribution in [0.3, 0.4) is 0 Å². The number of aromatic nitrogens is 1. The first-order valence-corrected chi connectivity index (χ1v) is 8.86. The second-order valence-corrected chi connectivity index (χ2v) is 7.31. The summed E-state index contributed by atoms with van der Waals surface area (Å²) in [7, 11) is 0. The van der Waals surface area contributed by atoms with Gasteiger partial charge in [0.25, 0.3) is 5.91 Å². The highest BCUT2D eigenvalue weighted by molar-refractivity contribution is 9.10. The van der Waals surface area contributed by atoms with Crippen LogP contribution in [0.1, 0.15) is 61.5 Å². The molecule has 1 unspecified atom stereocenters. The number of carbonyl (C=O) groups excluding carboxylic acids is 1. The molecule has 2 aliphatic carbocycles. The van der Waals surface area contributed by atoms with Crippen molar-refractivity contribution in [3.8, 4) is 0 Å². The Morgan fingerprint density at radius 3 is 2.67 bits per heavy atom. The molecule has 2 fully saturated rings. The fourth-order valence-corrected chi connectivity index (χ4v) is 3.87. The number of nitrogens with zero attached hydrogens (tertiary/aromatic N) is 1. The van der Waals surface area contributed by atoms with Gasteiger partial charge in [0.15, 0.2) is 0 Å².